The van der Waals surface area contributed by atoms with Crippen LogP contribution in [-0.2, 0) is 6.54 Å². The highest BCUT2D eigenvalue weighted by atomic mass is 32.1. The second kappa shape index (κ2) is 8.65. The van der Waals surface area contributed by atoms with E-state index in [1.807, 2.05) is 32.0 Å². The molecule has 0 radical (unpaired) electrons. The molecule has 4 rings (SSSR count). The first kappa shape index (κ1) is 20.7. The first-order valence-electron chi connectivity index (χ1n) is 9.54. The molecule has 0 spiro atoms. The SMILES string of the molecule is COc1cc(C(=O)N(Cc2cccnc2)c2nc3cc(C)cc(C)c3s2)nc(OC)n1. The standard InChI is InChI=1S/C22H21N5O3S/c1-13-8-14(2)19-16(9-13)25-22(31-19)27(12-15-6-5-7-23-11-15)20(28)17-10-18(29-3)26-21(24-17)30-4/h5-11H,12H2,1-4H3. The van der Waals surface area contributed by atoms with E-state index in [2.05, 4.69) is 21.0 Å². The summed E-state index contributed by atoms with van der Waals surface area (Å²) < 4.78 is 11.4. The van der Waals surface area contributed by atoms with Crippen LogP contribution in [0.15, 0.2) is 42.7 Å². The molecule has 0 aliphatic carbocycles. The fourth-order valence-corrected chi connectivity index (χ4v) is 4.24. The third-order valence-corrected chi connectivity index (χ3v) is 5.87. The molecule has 0 fully saturated rings. The Hall–Kier alpha value is -3.59. The predicted octanol–water partition coefficient (Wildman–Crippen LogP) is 3.96. The first-order chi connectivity index (χ1) is 15.0. The van der Waals surface area contributed by atoms with Gasteiger partial charge in [0.2, 0.25) is 5.88 Å². The lowest BCUT2D eigenvalue weighted by Gasteiger charge is -2.19. The highest BCUT2D eigenvalue weighted by Gasteiger charge is 2.25. The largest absolute Gasteiger partial charge is 0.481 e. The van der Waals surface area contributed by atoms with Crippen LogP contribution in [0.1, 0.15) is 27.2 Å². The minimum absolute atomic E-state index is 0.0554. The Morgan fingerprint density at radius 3 is 2.65 bits per heavy atom. The van der Waals surface area contributed by atoms with Crippen LogP contribution in [0, 0.1) is 13.8 Å². The van der Waals surface area contributed by atoms with E-state index in [0.717, 1.165) is 26.9 Å². The van der Waals surface area contributed by atoms with Crippen LogP contribution >= 0.6 is 11.3 Å². The van der Waals surface area contributed by atoms with Gasteiger partial charge in [-0.15, -0.1) is 0 Å². The van der Waals surface area contributed by atoms with Gasteiger partial charge in [-0.05, 0) is 42.7 Å². The third kappa shape index (κ3) is 4.31. The van der Waals surface area contributed by atoms with Gasteiger partial charge in [0.25, 0.3) is 5.91 Å². The van der Waals surface area contributed by atoms with Gasteiger partial charge < -0.3 is 9.47 Å². The summed E-state index contributed by atoms with van der Waals surface area (Å²) in [6.07, 6.45) is 3.42. The molecule has 0 unspecified atom stereocenters. The summed E-state index contributed by atoms with van der Waals surface area (Å²) in [5, 5.41) is 0.578. The minimum Gasteiger partial charge on any atom is -0.481 e. The molecule has 3 heterocycles. The molecule has 158 valence electrons. The zero-order valence-electron chi connectivity index (χ0n) is 17.6. The maximum absolute atomic E-state index is 13.6. The van der Waals surface area contributed by atoms with Crippen molar-refractivity contribution in [1.29, 1.82) is 0 Å². The van der Waals surface area contributed by atoms with Crippen LogP contribution in [0.4, 0.5) is 5.13 Å². The number of anilines is 1. The Kier molecular flexibility index (Phi) is 5.77. The number of methoxy groups -OCH3 is 2. The average Bonchev–Trinajstić information content (AvgIpc) is 3.21. The number of fused-ring (bicyclic) bond motifs is 1. The summed E-state index contributed by atoms with van der Waals surface area (Å²) in [7, 11) is 2.91. The number of pyridine rings is 1. The average molecular weight is 436 g/mol. The van der Waals surface area contributed by atoms with E-state index < -0.39 is 0 Å². The summed E-state index contributed by atoms with van der Waals surface area (Å²) >= 11 is 1.47. The van der Waals surface area contributed by atoms with Gasteiger partial charge in [-0.2, -0.15) is 9.97 Å². The van der Waals surface area contributed by atoms with Crippen LogP contribution in [-0.4, -0.2) is 40.1 Å². The van der Waals surface area contributed by atoms with Crippen LogP contribution in [0.3, 0.4) is 0 Å². The third-order valence-electron chi connectivity index (χ3n) is 4.64. The van der Waals surface area contributed by atoms with Crippen molar-refractivity contribution in [3.8, 4) is 11.9 Å². The normalized spacial score (nSPS) is 10.8. The molecule has 4 aromatic rings. The molecular formula is C22H21N5O3S. The number of rotatable bonds is 6. The molecule has 9 heteroatoms. The van der Waals surface area contributed by atoms with E-state index in [9.17, 15) is 4.79 Å². The lowest BCUT2D eigenvalue weighted by molar-refractivity contribution is 0.0978. The van der Waals surface area contributed by atoms with Crippen molar-refractivity contribution in [2.75, 3.05) is 19.1 Å². The topological polar surface area (TPSA) is 90.3 Å². The Morgan fingerprint density at radius 1 is 1.10 bits per heavy atom. The molecular weight excluding hydrogens is 414 g/mol. The van der Waals surface area contributed by atoms with Gasteiger partial charge in [0.1, 0.15) is 5.69 Å². The van der Waals surface area contributed by atoms with Crippen molar-refractivity contribution < 1.29 is 14.3 Å². The number of nitrogens with zero attached hydrogens (tertiary/aromatic N) is 5. The summed E-state index contributed by atoms with van der Waals surface area (Å²) in [6, 6.07) is 9.42. The highest BCUT2D eigenvalue weighted by molar-refractivity contribution is 7.22. The number of benzene rings is 1. The number of hydrogen-bond acceptors (Lipinski definition) is 8. The van der Waals surface area contributed by atoms with Gasteiger partial charge in [-0.25, -0.2) is 4.98 Å². The van der Waals surface area contributed by atoms with Crippen molar-refractivity contribution in [2.45, 2.75) is 20.4 Å². The quantitative estimate of drug-likeness (QED) is 0.453. The van der Waals surface area contributed by atoms with Crippen molar-refractivity contribution in [3.63, 3.8) is 0 Å². The zero-order chi connectivity index (χ0) is 22.0. The monoisotopic (exact) mass is 435 g/mol. The van der Waals surface area contributed by atoms with E-state index in [4.69, 9.17) is 14.5 Å². The molecule has 0 saturated carbocycles. The molecule has 0 aliphatic heterocycles. The Labute approximate surface area is 183 Å². The molecule has 31 heavy (non-hydrogen) atoms. The molecule has 0 N–H and O–H groups in total. The molecule has 8 nitrogen and oxygen atoms in total. The minimum atomic E-state index is -0.337. The van der Waals surface area contributed by atoms with Crippen LogP contribution in [0.25, 0.3) is 10.2 Å². The van der Waals surface area contributed by atoms with Crippen LogP contribution in [0.2, 0.25) is 0 Å². The molecule has 0 aliphatic rings. The highest BCUT2D eigenvalue weighted by Crippen LogP contribution is 2.33. The molecule has 0 saturated heterocycles. The van der Waals surface area contributed by atoms with Gasteiger partial charge in [0.05, 0.1) is 31.0 Å². The first-order valence-corrected chi connectivity index (χ1v) is 10.4. The Morgan fingerprint density at radius 2 is 1.94 bits per heavy atom. The lowest BCUT2D eigenvalue weighted by atomic mass is 10.1. The fraction of sp³-hybridized carbons (Fsp3) is 0.227. The second-order valence-electron chi connectivity index (χ2n) is 6.96. The lowest BCUT2D eigenvalue weighted by Crippen LogP contribution is -2.31. The van der Waals surface area contributed by atoms with Gasteiger partial charge in [0, 0.05) is 18.5 Å². The van der Waals surface area contributed by atoms with E-state index in [-0.39, 0.29) is 23.5 Å². The van der Waals surface area contributed by atoms with Crippen molar-refractivity contribution in [2.24, 2.45) is 0 Å². The predicted molar refractivity (Wildman–Crippen MR) is 119 cm³/mol. The molecule has 1 aromatic carbocycles. The van der Waals surface area contributed by atoms with Crippen molar-refractivity contribution in [1.82, 2.24) is 19.9 Å². The zero-order valence-corrected chi connectivity index (χ0v) is 18.4. The van der Waals surface area contributed by atoms with Crippen LogP contribution in [0.5, 0.6) is 11.9 Å². The van der Waals surface area contributed by atoms with Gasteiger partial charge >= 0.3 is 6.01 Å². The van der Waals surface area contributed by atoms with Gasteiger partial charge in [-0.3, -0.25) is 14.7 Å². The smallest absolute Gasteiger partial charge is 0.320 e. The van der Waals surface area contributed by atoms with Crippen LogP contribution < -0.4 is 14.4 Å². The molecule has 1 amide bonds. The number of aryl methyl sites for hydroxylation is 2. The van der Waals surface area contributed by atoms with Gasteiger partial charge in [-0.1, -0.05) is 23.5 Å². The van der Waals surface area contributed by atoms with E-state index >= 15 is 0 Å². The number of carbonyl (C=O) groups is 1. The van der Waals surface area contributed by atoms with E-state index in [1.165, 1.54) is 31.6 Å². The summed E-state index contributed by atoms with van der Waals surface area (Å²) in [4.78, 5) is 32.4. The Balaban J connectivity index is 1.82. The summed E-state index contributed by atoms with van der Waals surface area (Å²) in [6.45, 7) is 4.37. The maximum Gasteiger partial charge on any atom is 0.320 e. The maximum atomic E-state index is 13.6. The molecule has 3 aromatic heterocycles. The van der Waals surface area contributed by atoms with Crippen molar-refractivity contribution >= 4 is 32.6 Å². The summed E-state index contributed by atoms with van der Waals surface area (Å²) in [5.41, 5.74) is 4.13. The number of carbonyl (C=O) groups excluding carboxylic acids is 1. The molecule has 0 bridgehead atoms. The fourth-order valence-electron chi connectivity index (χ4n) is 3.23. The Bertz CT molecular complexity index is 1220. The van der Waals surface area contributed by atoms with E-state index in [1.54, 1.807) is 17.3 Å². The summed E-state index contributed by atoms with van der Waals surface area (Å²) in [5.74, 6) is -0.0939. The van der Waals surface area contributed by atoms with E-state index in [0.29, 0.717) is 11.7 Å². The van der Waals surface area contributed by atoms with Gasteiger partial charge in [0.15, 0.2) is 5.13 Å². The second-order valence-corrected chi connectivity index (χ2v) is 7.94. The number of ether oxygens (including phenoxy) is 2. The number of hydrogen-bond donors (Lipinski definition) is 0. The molecule has 0 atom stereocenters. The number of amides is 1. The number of thiazole rings is 1. The van der Waals surface area contributed by atoms with Crippen molar-refractivity contribution in [3.05, 3.63) is 65.1 Å². The number of aromatic nitrogens is 4.